The molecule has 1 atom stereocenters. The number of nitrogens with zero attached hydrogens (tertiary/aromatic N) is 2. The molecule has 1 heterocycles. The summed E-state index contributed by atoms with van der Waals surface area (Å²) in [6, 6.07) is 19.9. The van der Waals surface area contributed by atoms with Crippen LogP contribution < -0.4 is 15.5 Å². The lowest BCUT2D eigenvalue weighted by molar-refractivity contribution is -0.139. The number of ether oxygens (including phenoxy) is 1. The Morgan fingerprint density at radius 3 is 2.42 bits per heavy atom. The molecule has 0 aromatic heterocycles. The first kappa shape index (κ1) is 26.3. The van der Waals surface area contributed by atoms with E-state index in [1.165, 1.54) is 12.1 Å². The van der Waals surface area contributed by atoms with E-state index >= 15 is 0 Å². The number of carbonyl (C=O) groups excluding carboxylic acids is 2. The first-order chi connectivity index (χ1) is 18.2. The molecule has 1 aliphatic rings. The van der Waals surface area contributed by atoms with E-state index in [1.54, 1.807) is 55.5 Å². The topological polar surface area (TPSA) is 94.5 Å². The number of nitrogens with one attached hydrogen (secondary N) is 2. The van der Waals surface area contributed by atoms with E-state index in [9.17, 15) is 22.8 Å². The number of anilines is 2. The highest BCUT2D eigenvalue weighted by atomic mass is 19.4. The molecule has 3 aromatic rings. The zero-order valence-corrected chi connectivity index (χ0v) is 20.3. The Bertz CT molecular complexity index is 1400. The molecule has 0 aliphatic carbocycles. The van der Waals surface area contributed by atoms with Crippen molar-refractivity contribution in [3.05, 3.63) is 107 Å². The largest absolute Gasteiger partial charge is 0.463 e. The number of esters is 1. The lowest BCUT2D eigenvalue weighted by Gasteiger charge is -2.37. The second-order valence-corrected chi connectivity index (χ2v) is 8.30. The molecule has 194 valence electrons. The summed E-state index contributed by atoms with van der Waals surface area (Å²) in [4.78, 5) is 27.8. The SMILES string of the molecule is CCOC(=O)C1=C(CNc2ccccc2)N(c2cccc(C(F)(F)F)c2)C(=O)NC1c1ccc(C#N)cc1. The molecule has 0 spiro atoms. The number of halogens is 3. The van der Waals surface area contributed by atoms with Gasteiger partial charge >= 0.3 is 18.2 Å². The van der Waals surface area contributed by atoms with Gasteiger partial charge in [0.25, 0.3) is 0 Å². The number of amides is 2. The maximum Gasteiger partial charge on any atom is 0.416 e. The summed E-state index contributed by atoms with van der Waals surface area (Å²) in [5.74, 6) is -0.733. The first-order valence-electron chi connectivity index (χ1n) is 11.7. The molecule has 3 aromatic carbocycles. The number of nitriles is 1. The fourth-order valence-corrected chi connectivity index (χ4v) is 4.12. The maximum absolute atomic E-state index is 13.5. The van der Waals surface area contributed by atoms with E-state index < -0.39 is 29.8 Å². The van der Waals surface area contributed by atoms with Crippen LogP contribution in [-0.2, 0) is 15.7 Å². The average Bonchev–Trinajstić information content (AvgIpc) is 2.91. The van der Waals surface area contributed by atoms with Crippen LogP contribution in [0.3, 0.4) is 0 Å². The average molecular weight is 521 g/mol. The minimum absolute atomic E-state index is 0.0410. The zero-order chi connectivity index (χ0) is 27.3. The van der Waals surface area contributed by atoms with Crippen molar-refractivity contribution in [3.63, 3.8) is 0 Å². The van der Waals surface area contributed by atoms with E-state index in [1.807, 2.05) is 12.1 Å². The standard InChI is InChI=1S/C28H23F3N4O3/c1-2-38-26(36)24-23(17-33-21-8-4-3-5-9-21)35(22-10-6-7-20(15-22)28(29,30)31)27(37)34-25(24)19-13-11-18(16-32)12-14-19/h3-15,25,33H,2,17H2,1H3,(H,34,37). The van der Waals surface area contributed by atoms with Crippen LogP contribution in [0.5, 0.6) is 0 Å². The smallest absolute Gasteiger partial charge is 0.416 e. The molecule has 0 saturated heterocycles. The Morgan fingerprint density at radius 1 is 1.08 bits per heavy atom. The van der Waals surface area contributed by atoms with Gasteiger partial charge in [0.15, 0.2) is 0 Å². The number of rotatable bonds is 7. The highest BCUT2D eigenvalue weighted by Crippen LogP contribution is 2.37. The number of urea groups is 1. The van der Waals surface area contributed by atoms with Gasteiger partial charge in [0.05, 0.1) is 53.3 Å². The number of alkyl halides is 3. The lowest BCUT2D eigenvalue weighted by Crippen LogP contribution is -2.50. The van der Waals surface area contributed by atoms with Crippen LogP contribution in [0, 0.1) is 11.3 Å². The van der Waals surface area contributed by atoms with Gasteiger partial charge in [-0.3, -0.25) is 4.90 Å². The van der Waals surface area contributed by atoms with Crippen LogP contribution in [0.15, 0.2) is 90.1 Å². The fraction of sp³-hybridized carbons (Fsp3) is 0.179. The number of para-hydroxylation sites is 1. The first-order valence-corrected chi connectivity index (χ1v) is 11.7. The van der Waals surface area contributed by atoms with Gasteiger partial charge in [-0.15, -0.1) is 0 Å². The van der Waals surface area contributed by atoms with E-state index in [2.05, 4.69) is 10.6 Å². The van der Waals surface area contributed by atoms with Crippen LogP contribution >= 0.6 is 0 Å². The third-order valence-corrected chi connectivity index (χ3v) is 5.87. The third kappa shape index (κ3) is 5.62. The number of hydrogen-bond acceptors (Lipinski definition) is 5. The second kappa shape index (κ2) is 11.1. The zero-order valence-electron chi connectivity index (χ0n) is 20.3. The molecule has 1 aliphatic heterocycles. The van der Waals surface area contributed by atoms with Crippen LogP contribution in [0.1, 0.15) is 29.7 Å². The van der Waals surface area contributed by atoms with Gasteiger partial charge < -0.3 is 15.4 Å². The summed E-state index contributed by atoms with van der Waals surface area (Å²) in [7, 11) is 0. The van der Waals surface area contributed by atoms with Crippen LogP contribution in [0.2, 0.25) is 0 Å². The molecule has 10 heteroatoms. The molecule has 38 heavy (non-hydrogen) atoms. The van der Waals surface area contributed by atoms with E-state index in [0.717, 1.165) is 17.0 Å². The van der Waals surface area contributed by atoms with Crippen molar-refractivity contribution in [2.45, 2.75) is 19.1 Å². The number of hydrogen-bond donors (Lipinski definition) is 2. The van der Waals surface area contributed by atoms with Crippen molar-refractivity contribution in [3.8, 4) is 6.07 Å². The minimum atomic E-state index is -4.64. The maximum atomic E-state index is 13.5. The molecular formula is C28H23F3N4O3. The van der Waals surface area contributed by atoms with Crippen LogP contribution in [-0.4, -0.2) is 25.2 Å². The van der Waals surface area contributed by atoms with Gasteiger partial charge in [0.2, 0.25) is 0 Å². The molecule has 2 amide bonds. The molecule has 4 rings (SSSR count). The van der Waals surface area contributed by atoms with Crippen molar-refractivity contribution < 1.29 is 27.5 Å². The summed E-state index contributed by atoms with van der Waals surface area (Å²) < 4.78 is 45.8. The van der Waals surface area contributed by atoms with Gasteiger partial charge in [-0.2, -0.15) is 18.4 Å². The molecule has 2 N–H and O–H groups in total. The Morgan fingerprint density at radius 2 is 1.79 bits per heavy atom. The summed E-state index contributed by atoms with van der Waals surface area (Å²) in [5, 5.41) is 15.0. The summed E-state index contributed by atoms with van der Waals surface area (Å²) in [6.45, 7) is 1.59. The lowest BCUT2D eigenvalue weighted by atomic mass is 9.93. The highest BCUT2D eigenvalue weighted by Gasteiger charge is 2.40. The fourth-order valence-electron chi connectivity index (χ4n) is 4.12. The van der Waals surface area contributed by atoms with Crippen LogP contribution in [0.25, 0.3) is 0 Å². The van der Waals surface area contributed by atoms with E-state index in [-0.39, 0.29) is 30.1 Å². The van der Waals surface area contributed by atoms with Crippen molar-refractivity contribution in [1.29, 1.82) is 5.26 Å². The van der Waals surface area contributed by atoms with Crippen molar-refractivity contribution in [1.82, 2.24) is 5.32 Å². The quantitative estimate of drug-likeness (QED) is 0.386. The molecule has 0 bridgehead atoms. The van der Waals surface area contributed by atoms with Crippen molar-refractivity contribution in [2.24, 2.45) is 0 Å². The minimum Gasteiger partial charge on any atom is -0.463 e. The van der Waals surface area contributed by atoms with Crippen molar-refractivity contribution >= 4 is 23.4 Å². The molecule has 1 unspecified atom stereocenters. The molecule has 0 fully saturated rings. The molecule has 0 radical (unpaired) electrons. The Labute approximate surface area is 217 Å². The van der Waals surface area contributed by atoms with Gasteiger partial charge in [-0.05, 0) is 55.0 Å². The third-order valence-electron chi connectivity index (χ3n) is 5.87. The Balaban J connectivity index is 1.90. The summed E-state index contributed by atoms with van der Waals surface area (Å²) >= 11 is 0. The molecular weight excluding hydrogens is 497 g/mol. The Hall–Kier alpha value is -4.78. The summed E-state index contributed by atoms with van der Waals surface area (Å²) in [6.07, 6.45) is -4.64. The monoisotopic (exact) mass is 520 g/mol. The number of benzene rings is 3. The predicted octanol–water partition coefficient (Wildman–Crippen LogP) is 5.78. The van der Waals surface area contributed by atoms with Gasteiger partial charge in [0.1, 0.15) is 0 Å². The Kier molecular flexibility index (Phi) is 7.67. The van der Waals surface area contributed by atoms with Gasteiger partial charge in [-0.25, -0.2) is 9.59 Å². The highest BCUT2D eigenvalue weighted by molar-refractivity contribution is 6.03. The van der Waals surface area contributed by atoms with E-state index in [4.69, 9.17) is 10.00 Å². The van der Waals surface area contributed by atoms with Crippen LogP contribution in [0.4, 0.5) is 29.3 Å². The number of carbonyl (C=O) groups is 2. The summed E-state index contributed by atoms with van der Waals surface area (Å²) in [5.41, 5.74) is 0.734. The normalized spacial score (nSPS) is 15.5. The molecule has 7 nitrogen and oxygen atoms in total. The van der Waals surface area contributed by atoms with E-state index in [0.29, 0.717) is 16.8 Å². The second-order valence-electron chi connectivity index (χ2n) is 8.30. The van der Waals surface area contributed by atoms with Crippen molar-refractivity contribution in [2.75, 3.05) is 23.4 Å². The van der Waals surface area contributed by atoms with Gasteiger partial charge in [0, 0.05) is 5.69 Å². The molecule has 0 saturated carbocycles. The predicted molar refractivity (Wildman–Crippen MR) is 135 cm³/mol. The van der Waals surface area contributed by atoms with Gasteiger partial charge in [-0.1, -0.05) is 36.4 Å².